The second-order valence-corrected chi connectivity index (χ2v) is 0.906. The third kappa shape index (κ3) is 9.07. The van der Waals surface area contributed by atoms with Crippen molar-refractivity contribution >= 4 is 5.78 Å². The molecule has 0 aliphatic rings. The molecule has 0 atom stereocenters. The van der Waals surface area contributed by atoms with Crippen molar-refractivity contribution in [3.63, 3.8) is 0 Å². The van der Waals surface area contributed by atoms with Crippen LogP contribution >= 0.6 is 0 Å². The summed E-state index contributed by atoms with van der Waals surface area (Å²) in [6.45, 7) is 1.62. The first-order valence-corrected chi connectivity index (χ1v) is 1.47. The van der Waals surface area contributed by atoms with Crippen molar-refractivity contribution in [2.75, 3.05) is 6.54 Å². The highest BCUT2D eigenvalue weighted by molar-refractivity contribution is 5.77. The largest absolute Gasteiger partial charge is 1.00 e. The molecule has 0 spiro atoms. The fraction of sp³-hybridized carbons (Fsp3) is 0.667. The Morgan fingerprint density at radius 2 is 2.17 bits per heavy atom. The van der Waals surface area contributed by atoms with E-state index in [4.69, 9.17) is 5.73 Å². The van der Waals surface area contributed by atoms with Crippen LogP contribution in [0.25, 0.3) is 0 Å². The van der Waals surface area contributed by atoms with E-state index in [1.54, 1.807) is 0 Å². The number of nitrogens with two attached hydrogens (primary N) is 1. The minimum absolute atomic E-state index is 0. The van der Waals surface area contributed by atoms with E-state index in [9.17, 15) is 4.79 Å². The molecule has 2 N–H and O–H groups in total. The fourth-order valence-corrected chi connectivity index (χ4v) is 0. The van der Waals surface area contributed by atoms with Crippen molar-refractivity contribution in [2.24, 2.45) is 5.73 Å². The van der Waals surface area contributed by atoms with Crippen LogP contribution in [0, 0.1) is 0 Å². The number of rotatable bonds is 1. The lowest BCUT2D eigenvalue weighted by Crippen LogP contribution is -3.00. The minimum Gasteiger partial charge on any atom is -1.00 e. The maximum atomic E-state index is 9.69. The Bertz CT molecular complexity index is 50.2. The van der Waals surface area contributed by atoms with E-state index < -0.39 is 0 Å². The molecule has 0 saturated heterocycles. The van der Waals surface area contributed by atoms with Crippen molar-refractivity contribution < 1.29 is 18.6 Å². The summed E-state index contributed by atoms with van der Waals surface area (Å²) in [5, 5.41) is 0. The lowest BCUT2D eigenvalue weighted by atomic mass is 10.5. The van der Waals surface area contributed by atoms with Gasteiger partial charge in [0.05, 0.1) is 6.54 Å². The standard InChI is InChI=1S/C3H7NO.ClH/c1-3(5)2-4;/h2,4H2,1H3;1H. The van der Waals surface area contributed by atoms with E-state index in [0.29, 0.717) is 0 Å². The first-order valence-electron chi connectivity index (χ1n) is 1.47. The van der Waals surface area contributed by atoms with Gasteiger partial charge in [-0.1, -0.05) is 0 Å². The number of carbonyl (C=O) groups is 1. The molecule has 0 aromatic carbocycles. The summed E-state index contributed by atoms with van der Waals surface area (Å²) in [6.07, 6.45) is 0. The van der Waals surface area contributed by atoms with Crippen LogP contribution < -0.4 is 18.1 Å². The summed E-state index contributed by atoms with van der Waals surface area (Å²) < 4.78 is 0. The zero-order chi connectivity index (χ0) is 4.28. The smallest absolute Gasteiger partial charge is 1.00 e. The second kappa shape index (κ2) is 4.92. The molecule has 0 bridgehead atoms. The molecule has 0 aromatic rings. The van der Waals surface area contributed by atoms with E-state index in [0.717, 1.165) is 0 Å². The van der Waals surface area contributed by atoms with E-state index in [1.165, 1.54) is 6.92 Å². The zero-order valence-corrected chi connectivity index (χ0v) is 4.33. The quantitative estimate of drug-likeness (QED) is 0.383. The average Bonchev–Trinajstić information content (AvgIpc) is 1.38. The van der Waals surface area contributed by atoms with Crippen LogP contribution in [0.15, 0.2) is 0 Å². The van der Waals surface area contributed by atoms with Crippen LogP contribution in [0.2, 0.25) is 0 Å². The second-order valence-electron chi connectivity index (χ2n) is 0.906. The number of hydrogen-bond acceptors (Lipinski definition) is 2. The first kappa shape index (κ1) is 9.33. The van der Waals surface area contributed by atoms with Gasteiger partial charge in [0.25, 0.3) is 0 Å². The third-order valence-corrected chi connectivity index (χ3v) is 0.287. The van der Waals surface area contributed by atoms with Gasteiger partial charge in [-0.2, -0.15) is 0 Å². The molecule has 0 aromatic heterocycles. The molecule has 38 valence electrons. The summed E-state index contributed by atoms with van der Waals surface area (Å²) in [5.74, 6) is 0.0324. The third-order valence-electron chi connectivity index (χ3n) is 0.287. The van der Waals surface area contributed by atoms with Gasteiger partial charge >= 0.3 is 1.43 Å². The first-order chi connectivity index (χ1) is 2.27. The molecule has 0 radical (unpaired) electrons. The molecule has 3 heteroatoms. The molecule has 0 heterocycles. The van der Waals surface area contributed by atoms with E-state index in [-0.39, 0.29) is 26.2 Å². The zero-order valence-electron chi connectivity index (χ0n) is 4.57. The van der Waals surface area contributed by atoms with Crippen molar-refractivity contribution in [1.82, 2.24) is 0 Å². The van der Waals surface area contributed by atoms with E-state index >= 15 is 0 Å². The highest BCUT2D eigenvalue weighted by atomic mass is 35.5. The average molecular weight is 110 g/mol. The van der Waals surface area contributed by atoms with Gasteiger partial charge in [0.2, 0.25) is 0 Å². The fourth-order valence-electron chi connectivity index (χ4n) is 0. The predicted octanol–water partition coefficient (Wildman–Crippen LogP) is -3.35. The van der Waals surface area contributed by atoms with Gasteiger partial charge in [0.15, 0.2) is 0 Å². The van der Waals surface area contributed by atoms with E-state index in [2.05, 4.69) is 0 Å². The highest BCUT2D eigenvalue weighted by Crippen LogP contribution is 1.51. The summed E-state index contributed by atoms with van der Waals surface area (Å²) in [5.41, 5.74) is 4.82. The molecule has 0 amide bonds. The molecule has 0 rings (SSSR count). The molecule has 0 fully saturated rings. The SMILES string of the molecule is CC(=O)CN.[Cl-].[H+]. The van der Waals surface area contributed by atoms with Gasteiger partial charge in [-0.3, -0.25) is 4.79 Å². The Hall–Kier alpha value is -0.0800. The van der Waals surface area contributed by atoms with Gasteiger partial charge in [0, 0.05) is 0 Å². The number of carbonyl (C=O) groups excluding carboxylic acids is 1. The normalized spacial score (nSPS) is 6.33. The Balaban J connectivity index is -0.0000000800. The monoisotopic (exact) mass is 109 g/mol. The molecule has 0 aliphatic carbocycles. The van der Waals surface area contributed by atoms with Crippen molar-refractivity contribution in [3.05, 3.63) is 0 Å². The summed E-state index contributed by atoms with van der Waals surface area (Å²) in [7, 11) is 0. The topological polar surface area (TPSA) is 43.1 Å². The molecule has 6 heavy (non-hydrogen) atoms. The van der Waals surface area contributed by atoms with Crippen LogP contribution in [0.1, 0.15) is 8.35 Å². The summed E-state index contributed by atoms with van der Waals surface area (Å²) in [4.78, 5) is 9.69. The number of ketones is 1. The van der Waals surface area contributed by atoms with Crippen molar-refractivity contribution in [3.8, 4) is 0 Å². The van der Waals surface area contributed by atoms with Crippen molar-refractivity contribution in [2.45, 2.75) is 6.92 Å². The molecule has 0 aliphatic heterocycles. The van der Waals surface area contributed by atoms with Crippen LogP contribution in [0.5, 0.6) is 0 Å². The lowest BCUT2D eigenvalue weighted by molar-refractivity contribution is -0.115. The number of halogens is 1. The van der Waals surface area contributed by atoms with Crippen molar-refractivity contribution in [1.29, 1.82) is 0 Å². The Labute approximate surface area is 44.6 Å². The molecule has 0 saturated carbocycles. The summed E-state index contributed by atoms with van der Waals surface area (Å²) in [6, 6.07) is 0. The van der Waals surface area contributed by atoms with E-state index in [1.807, 2.05) is 0 Å². The molecular formula is C3H8ClNO. The Morgan fingerprint density at radius 3 is 2.17 bits per heavy atom. The van der Waals surface area contributed by atoms with Gasteiger partial charge in [-0.25, -0.2) is 0 Å². The summed E-state index contributed by atoms with van der Waals surface area (Å²) >= 11 is 0. The van der Waals surface area contributed by atoms with Crippen LogP contribution in [0.4, 0.5) is 0 Å². The molecule has 2 nitrogen and oxygen atoms in total. The van der Waals surface area contributed by atoms with Crippen LogP contribution in [-0.4, -0.2) is 12.3 Å². The van der Waals surface area contributed by atoms with Crippen LogP contribution in [0.3, 0.4) is 0 Å². The molecular weight excluding hydrogens is 101 g/mol. The molecule has 0 unspecified atom stereocenters. The Kier molecular flexibility index (Phi) is 7.65. The lowest BCUT2D eigenvalue weighted by Gasteiger charge is -1.73. The minimum atomic E-state index is 0. The number of Topliss-reactive ketones (excluding diaryl/α,β-unsaturated/α-hetero) is 1. The predicted molar refractivity (Wildman–Crippen MR) is 20.8 cm³/mol. The maximum absolute atomic E-state index is 9.69. The van der Waals surface area contributed by atoms with Gasteiger partial charge < -0.3 is 18.1 Å². The highest BCUT2D eigenvalue weighted by Gasteiger charge is 1.76. The maximum Gasteiger partial charge on any atom is 1.00 e. The van der Waals surface area contributed by atoms with Gasteiger partial charge in [-0.05, 0) is 6.92 Å². The van der Waals surface area contributed by atoms with Gasteiger partial charge in [-0.15, -0.1) is 0 Å². The van der Waals surface area contributed by atoms with Gasteiger partial charge in [0.1, 0.15) is 5.78 Å². The number of hydrogen-bond donors (Lipinski definition) is 1. The van der Waals surface area contributed by atoms with Crippen LogP contribution in [-0.2, 0) is 4.79 Å². The Morgan fingerprint density at radius 1 is 2.00 bits per heavy atom.